The molecule has 0 atom stereocenters. The molecule has 0 unspecified atom stereocenters. The molecule has 0 saturated heterocycles. The first-order chi connectivity index (χ1) is 13.3. The zero-order valence-electron chi connectivity index (χ0n) is 15.4. The number of aromatic nitrogens is 4. The normalized spacial score (nSPS) is 10.9. The molecule has 0 aliphatic carbocycles. The Balaban J connectivity index is 1.71. The van der Waals surface area contributed by atoms with Gasteiger partial charge in [0.05, 0.1) is 7.11 Å². The molecule has 1 N–H and O–H groups in total. The van der Waals surface area contributed by atoms with Gasteiger partial charge in [0.2, 0.25) is 0 Å². The van der Waals surface area contributed by atoms with E-state index in [-0.39, 0.29) is 0 Å². The van der Waals surface area contributed by atoms with Crippen LogP contribution in [0, 0.1) is 0 Å². The fourth-order valence-electron chi connectivity index (χ4n) is 3.08. The highest BCUT2D eigenvalue weighted by atomic mass is 16.5. The molecule has 0 amide bonds. The summed E-state index contributed by atoms with van der Waals surface area (Å²) in [5.74, 6) is 2.44. The number of H-pyrrole nitrogens is 1. The van der Waals surface area contributed by atoms with Gasteiger partial charge in [-0.3, -0.25) is 0 Å². The lowest BCUT2D eigenvalue weighted by molar-refractivity contribution is 0.415. The number of fused-ring (bicyclic) bond motifs is 1. The minimum absolute atomic E-state index is 0.664. The molecule has 136 valence electrons. The third-order valence-corrected chi connectivity index (χ3v) is 4.53. The largest absolute Gasteiger partial charge is 0.497 e. The third-order valence-electron chi connectivity index (χ3n) is 4.53. The number of ether oxygens (including phenoxy) is 1. The van der Waals surface area contributed by atoms with Crippen LogP contribution in [0.4, 0.5) is 5.82 Å². The summed E-state index contributed by atoms with van der Waals surface area (Å²) in [5, 5.41) is 0. The summed E-state index contributed by atoms with van der Waals surface area (Å²) in [6.07, 6.45) is 1.57. The van der Waals surface area contributed by atoms with Gasteiger partial charge in [-0.1, -0.05) is 30.3 Å². The van der Waals surface area contributed by atoms with Gasteiger partial charge in [-0.05, 0) is 36.8 Å². The fourth-order valence-corrected chi connectivity index (χ4v) is 3.08. The number of rotatable bonds is 6. The Morgan fingerprint density at radius 2 is 1.78 bits per heavy atom. The van der Waals surface area contributed by atoms with E-state index in [0.29, 0.717) is 5.65 Å². The molecule has 0 saturated carbocycles. The van der Waals surface area contributed by atoms with Crippen molar-refractivity contribution < 1.29 is 4.74 Å². The molecule has 0 aliphatic rings. The van der Waals surface area contributed by atoms with Crippen molar-refractivity contribution in [3.8, 4) is 17.1 Å². The van der Waals surface area contributed by atoms with E-state index in [9.17, 15) is 0 Å². The van der Waals surface area contributed by atoms with Crippen molar-refractivity contribution in [3.63, 3.8) is 0 Å². The first-order valence-electron chi connectivity index (χ1n) is 8.92. The summed E-state index contributed by atoms with van der Waals surface area (Å²) in [5.41, 5.74) is 3.73. The Labute approximate surface area is 157 Å². The molecule has 27 heavy (non-hydrogen) atoms. The summed E-state index contributed by atoms with van der Waals surface area (Å²) >= 11 is 0. The van der Waals surface area contributed by atoms with Crippen LogP contribution in [0.2, 0.25) is 0 Å². The summed E-state index contributed by atoms with van der Waals surface area (Å²) in [6, 6.07) is 18.2. The molecule has 6 nitrogen and oxygen atoms in total. The SMILES string of the molecule is CCN(Cc1ccccc1)c1ncnc2nc(-c3ccc(OC)cc3)[nH]c12. The van der Waals surface area contributed by atoms with Crippen LogP contribution in [0.3, 0.4) is 0 Å². The lowest BCUT2D eigenvalue weighted by Gasteiger charge is -2.22. The Morgan fingerprint density at radius 1 is 1.00 bits per heavy atom. The molecule has 0 fully saturated rings. The van der Waals surface area contributed by atoms with Crippen molar-refractivity contribution in [3.05, 3.63) is 66.5 Å². The highest BCUT2D eigenvalue weighted by Gasteiger charge is 2.16. The Kier molecular flexibility index (Phi) is 4.70. The van der Waals surface area contributed by atoms with Crippen LogP contribution < -0.4 is 9.64 Å². The second kappa shape index (κ2) is 7.45. The average Bonchev–Trinajstić information content (AvgIpc) is 3.17. The molecule has 0 spiro atoms. The van der Waals surface area contributed by atoms with E-state index in [1.165, 1.54) is 5.56 Å². The van der Waals surface area contributed by atoms with Gasteiger partial charge in [0, 0.05) is 18.7 Å². The summed E-state index contributed by atoms with van der Waals surface area (Å²) in [6.45, 7) is 3.73. The molecule has 0 aliphatic heterocycles. The van der Waals surface area contributed by atoms with Crippen molar-refractivity contribution in [2.45, 2.75) is 13.5 Å². The lowest BCUT2D eigenvalue weighted by atomic mass is 10.2. The predicted octanol–water partition coefficient (Wildman–Crippen LogP) is 4.06. The smallest absolute Gasteiger partial charge is 0.183 e. The molecule has 2 aromatic carbocycles. The molecule has 6 heteroatoms. The van der Waals surface area contributed by atoms with Crippen LogP contribution in [-0.4, -0.2) is 33.6 Å². The van der Waals surface area contributed by atoms with Gasteiger partial charge >= 0.3 is 0 Å². The van der Waals surface area contributed by atoms with E-state index in [0.717, 1.165) is 41.6 Å². The maximum Gasteiger partial charge on any atom is 0.183 e. The number of hydrogen-bond donors (Lipinski definition) is 1. The fraction of sp³-hybridized carbons (Fsp3) is 0.190. The van der Waals surface area contributed by atoms with Gasteiger partial charge in [-0.2, -0.15) is 0 Å². The summed E-state index contributed by atoms with van der Waals surface area (Å²) in [7, 11) is 1.66. The predicted molar refractivity (Wildman–Crippen MR) is 107 cm³/mol. The van der Waals surface area contributed by atoms with Gasteiger partial charge < -0.3 is 14.6 Å². The number of hydrogen-bond acceptors (Lipinski definition) is 5. The van der Waals surface area contributed by atoms with E-state index >= 15 is 0 Å². The highest BCUT2D eigenvalue weighted by Crippen LogP contribution is 2.27. The molecule has 2 heterocycles. The number of methoxy groups -OCH3 is 1. The highest BCUT2D eigenvalue weighted by molar-refractivity contribution is 5.86. The number of benzene rings is 2. The topological polar surface area (TPSA) is 66.9 Å². The minimum Gasteiger partial charge on any atom is -0.497 e. The van der Waals surface area contributed by atoms with Crippen LogP contribution in [0.15, 0.2) is 60.9 Å². The van der Waals surface area contributed by atoms with Gasteiger partial charge in [0.25, 0.3) is 0 Å². The lowest BCUT2D eigenvalue weighted by Crippen LogP contribution is -2.23. The quantitative estimate of drug-likeness (QED) is 0.562. The van der Waals surface area contributed by atoms with Crippen molar-refractivity contribution in [2.24, 2.45) is 0 Å². The second-order valence-electron chi connectivity index (χ2n) is 6.21. The zero-order chi connectivity index (χ0) is 18.6. The van der Waals surface area contributed by atoms with Crippen LogP contribution in [0.25, 0.3) is 22.6 Å². The zero-order valence-corrected chi connectivity index (χ0v) is 15.4. The van der Waals surface area contributed by atoms with Crippen molar-refractivity contribution in [2.75, 3.05) is 18.6 Å². The molecular formula is C21H21N5O. The maximum absolute atomic E-state index is 5.23. The van der Waals surface area contributed by atoms with Crippen LogP contribution in [0.1, 0.15) is 12.5 Å². The minimum atomic E-state index is 0.664. The standard InChI is InChI=1S/C21H21N5O/c1-3-26(13-15-7-5-4-6-8-15)21-18-20(22-14-23-21)25-19(24-18)16-9-11-17(27-2)12-10-16/h4-12,14H,3,13H2,1-2H3,(H,22,23,24,25). The van der Waals surface area contributed by atoms with Gasteiger partial charge in [0.15, 0.2) is 11.5 Å². The number of aromatic amines is 1. The number of anilines is 1. The van der Waals surface area contributed by atoms with E-state index < -0.39 is 0 Å². The van der Waals surface area contributed by atoms with Crippen molar-refractivity contribution >= 4 is 17.0 Å². The Bertz CT molecular complexity index is 1030. The molecule has 0 bridgehead atoms. The van der Waals surface area contributed by atoms with E-state index in [1.807, 2.05) is 30.3 Å². The van der Waals surface area contributed by atoms with E-state index in [2.05, 4.69) is 56.0 Å². The molecule has 4 aromatic rings. The van der Waals surface area contributed by atoms with Gasteiger partial charge in [-0.15, -0.1) is 0 Å². The average molecular weight is 359 g/mol. The van der Waals surface area contributed by atoms with Crippen molar-refractivity contribution in [1.82, 2.24) is 19.9 Å². The first kappa shape index (κ1) is 17.0. The van der Waals surface area contributed by atoms with Gasteiger partial charge in [0.1, 0.15) is 23.4 Å². The molecule has 2 aromatic heterocycles. The Hall–Kier alpha value is -3.41. The van der Waals surface area contributed by atoms with Crippen molar-refractivity contribution in [1.29, 1.82) is 0 Å². The van der Waals surface area contributed by atoms with E-state index in [1.54, 1.807) is 13.4 Å². The molecule has 0 radical (unpaired) electrons. The number of nitrogens with one attached hydrogen (secondary N) is 1. The third kappa shape index (κ3) is 3.46. The first-order valence-corrected chi connectivity index (χ1v) is 8.92. The van der Waals surface area contributed by atoms with Gasteiger partial charge in [-0.25, -0.2) is 15.0 Å². The monoisotopic (exact) mass is 359 g/mol. The molecule has 4 rings (SSSR count). The van der Waals surface area contributed by atoms with Crippen LogP contribution in [0.5, 0.6) is 5.75 Å². The summed E-state index contributed by atoms with van der Waals surface area (Å²) in [4.78, 5) is 19.1. The Morgan fingerprint density at radius 3 is 2.48 bits per heavy atom. The van der Waals surface area contributed by atoms with Crippen LogP contribution >= 0.6 is 0 Å². The maximum atomic E-state index is 5.23. The van der Waals surface area contributed by atoms with E-state index in [4.69, 9.17) is 4.74 Å². The number of nitrogens with zero attached hydrogens (tertiary/aromatic N) is 4. The van der Waals surface area contributed by atoms with Crippen LogP contribution in [-0.2, 0) is 6.54 Å². The second-order valence-corrected chi connectivity index (χ2v) is 6.21. The molecular weight excluding hydrogens is 338 g/mol. The summed E-state index contributed by atoms with van der Waals surface area (Å²) < 4.78 is 5.23. The number of imidazole rings is 1.